The lowest BCUT2D eigenvalue weighted by molar-refractivity contribution is 0.386. The highest BCUT2D eigenvalue weighted by atomic mass is 127. The van der Waals surface area contributed by atoms with Gasteiger partial charge in [-0.1, -0.05) is 6.07 Å². The molecule has 0 atom stereocenters. The maximum atomic E-state index is 13.5. The molecule has 0 amide bonds. The molecule has 0 heterocycles. The second kappa shape index (κ2) is 6.93. The van der Waals surface area contributed by atoms with E-state index >= 15 is 0 Å². The highest BCUT2D eigenvalue weighted by Crippen LogP contribution is 2.25. The summed E-state index contributed by atoms with van der Waals surface area (Å²) < 4.78 is 18.3. The number of halogens is 2. The van der Waals surface area contributed by atoms with Gasteiger partial charge in [0.1, 0.15) is 0 Å². The van der Waals surface area contributed by atoms with E-state index in [9.17, 15) is 4.39 Å². The number of benzene rings is 1. The zero-order chi connectivity index (χ0) is 13.1. The van der Waals surface area contributed by atoms with Gasteiger partial charge in [0.2, 0.25) is 0 Å². The van der Waals surface area contributed by atoms with Gasteiger partial charge in [0.05, 0.1) is 13.7 Å². The highest BCUT2D eigenvalue weighted by Gasteiger charge is 2.27. The first-order valence-electron chi connectivity index (χ1n) is 5.97. The van der Waals surface area contributed by atoms with E-state index in [1.807, 2.05) is 11.9 Å². The summed E-state index contributed by atoms with van der Waals surface area (Å²) in [4.78, 5) is 6.24. The molecule has 106 valence electrons. The van der Waals surface area contributed by atoms with E-state index in [0.29, 0.717) is 18.5 Å². The van der Waals surface area contributed by atoms with E-state index in [-0.39, 0.29) is 35.5 Å². The lowest BCUT2D eigenvalue weighted by Crippen LogP contribution is -2.35. The van der Waals surface area contributed by atoms with Gasteiger partial charge in [-0.3, -0.25) is 0 Å². The average molecular weight is 379 g/mol. The Balaban J connectivity index is 0.00000180. The van der Waals surface area contributed by atoms with Gasteiger partial charge in [0.25, 0.3) is 0 Å². The first-order valence-corrected chi connectivity index (χ1v) is 5.97. The van der Waals surface area contributed by atoms with Crippen molar-refractivity contribution in [3.05, 3.63) is 29.6 Å². The first-order chi connectivity index (χ1) is 8.61. The molecule has 0 aromatic heterocycles. The van der Waals surface area contributed by atoms with Gasteiger partial charge in [-0.15, -0.1) is 24.0 Å². The number of nitrogens with two attached hydrogens (primary N) is 1. The van der Waals surface area contributed by atoms with E-state index in [0.717, 1.165) is 5.56 Å². The van der Waals surface area contributed by atoms with Crippen molar-refractivity contribution in [2.24, 2.45) is 10.7 Å². The Kier molecular flexibility index (Phi) is 5.84. The summed E-state index contributed by atoms with van der Waals surface area (Å²) in [6.07, 6.45) is 2.34. The zero-order valence-electron chi connectivity index (χ0n) is 11.1. The van der Waals surface area contributed by atoms with Gasteiger partial charge in [0, 0.05) is 13.1 Å². The van der Waals surface area contributed by atoms with Gasteiger partial charge < -0.3 is 15.4 Å². The van der Waals surface area contributed by atoms with Crippen molar-refractivity contribution in [2.75, 3.05) is 14.2 Å². The van der Waals surface area contributed by atoms with Crippen molar-refractivity contribution in [3.8, 4) is 5.75 Å². The summed E-state index contributed by atoms with van der Waals surface area (Å²) in [5.41, 5.74) is 6.64. The molecule has 4 nitrogen and oxygen atoms in total. The quantitative estimate of drug-likeness (QED) is 0.497. The molecular formula is C13H19FIN3O. The minimum absolute atomic E-state index is 0. The van der Waals surface area contributed by atoms with Crippen LogP contribution in [0.4, 0.5) is 4.39 Å². The topological polar surface area (TPSA) is 50.9 Å². The summed E-state index contributed by atoms with van der Waals surface area (Å²) in [6.45, 7) is 0.379. The molecule has 1 aromatic rings. The number of aliphatic imine (C=N–C) groups is 1. The molecule has 1 aliphatic carbocycles. The molecule has 1 fully saturated rings. The Morgan fingerprint density at radius 2 is 2.21 bits per heavy atom. The molecule has 1 aromatic carbocycles. The molecule has 2 N–H and O–H groups in total. The van der Waals surface area contributed by atoms with E-state index < -0.39 is 0 Å². The molecule has 0 bridgehead atoms. The maximum Gasteiger partial charge on any atom is 0.191 e. The summed E-state index contributed by atoms with van der Waals surface area (Å²) in [7, 11) is 3.38. The van der Waals surface area contributed by atoms with Crippen LogP contribution in [-0.4, -0.2) is 31.1 Å². The van der Waals surface area contributed by atoms with Gasteiger partial charge in [0.15, 0.2) is 17.5 Å². The van der Waals surface area contributed by atoms with Crippen LogP contribution in [0.2, 0.25) is 0 Å². The molecule has 19 heavy (non-hydrogen) atoms. The monoisotopic (exact) mass is 379 g/mol. The molecule has 0 aliphatic heterocycles. The van der Waals surface area contributed by atoms with E-state index in [4.69, 9.17) is 10.5 Å². The van der Waals surface area contributed by atoms with E-state index in [1.165, 1.54) is 26.0 Å². The predicted molar refractivity (Wildman–Crippen MR) is 84.5 cm³/mol. The summed E-state index contributed by atoms with van der Waals surface area (Å²) in [6, 6.07) is 5.34. The SMILES string of the molecule is COc1ccc(CN=C(N)N(C)C2CC2)cc1F.I. The van der Waals surface area contributed by atoms with Crippen LogP contribution in [-0.2, 0) is 6.54 Å². The van der Waals surface area contributed by atoms with E-state index in [1.54, 1.807) is 12.1 Å². The standard InChI is InChI=1S/C13H18FN3O.HI/c1-17(10-4-5-10)13(15)16-8-9-3-6-12(18-2)11(14)7-9;/h3,6-7,10H,4-5,8H2,1-2H3,(H2,15,16);1H. The normalized spacial score (nSPS) is 14.8. The van der Waals surface area contributed by atoms with E-state index in [2.05, 4.69) is 4.99 Å². The number of hydrogen-bond donors (Lipinski definition) is 1. The molecule has 6 heteroatoms. The lowest BCUT2D eigenvalue weighted by Gasteiger charge is -2.16. The van der Waals surface area contributed by atoms with Crippen LogP contribution in [0.25, 0.3) is 0 Å². The smallest absolute Gasteiger partial charge is 0.191 e. The minimum Gasteiger partial charge on any atom is -0.494 e. The van der Waals surface area contributed by atoms with Crippen molar-refractivity contribution >= 4 is 29.9 Å². The number of methoxy groups -OCH3 is 1. The molecular weight excluding hydrogens is 360 g/mol. The van der Waals surface area contributed by atoms with Crippen molar-refractivity contribution < 1.29 is 9.13 Å². The van der Waals surface area contributed by atoms with Crippen LogP contribution in [0.15, 0.2) is 23.2 Å². The summed E-state index contributed by atoms with van der Waals surface area (Å²) >= 11 is 0. The number of hydrogen-bond acceptors (Lipinski definition) is 2. The maximum absolute atomic E-state index is 13.5. The fraction of sp³-hybridized carbons (Fsp3) is 0.462. The van der Waals surface area contributed by atoms with Gasteiger partial charge in [-0.05, 0) is 30.5 Å². The van der Waals surface area contributed by atoms with Crippen LogP contribution in [0.5, 0.6) is 5.75 Å². The fourth-order valence-electron chi connectivity index (χ4n) is 1.74. The lowest BCUT2D eigenvalue weighted by atomic mass is 10.2. The molecule has 1 saturated carbocycles. The predicted octanol–water partition coefficient (Wildman–Crippen LogP) is 2.36. The highest BCUT2D eigenvalue weighted by molar-refractivity contribution is 14.0. The van der Waals surface area contributed by atoms with Crippen molar-refractivity contribution in [1.82, 2.24) is 4.90 Å². The third-order valence-corrected chi connectivity index (χ3v) is 3.10. The molecule has 0 unspecified atom stereocenters. The van der Waals surface area contributed by atoms with Crippen LogP contribution in [0.1, 0.15) is 18.4 Å². The van der Waals surface area contributed by atoms with Crippen molar-refractivity contribution in [2.45, 2.75) is 25.4 Å². The molecule has 0 radical (unpaired) electrons. The Hall–Kier alpha value is -1.05. The van der Waals surface area contributed by atoms with Crippen molar-refractivity contribution in [1.29, 1.82) is 0 Å². The molecule has 0 spiro atoms. The number of ether oxygens (including phenoxy) is 1. The number of rotatable bonds is 4. The minimum atomic E-state index is -0.376. The summed E-state index contributed by atoms with van der Waals surface area (Å²) in [5, 5.41) is 0. The van der Waals surface area contributed by atoms with Crippen molar-refractivity contribution in [3.63, 3.8) is 0 Å². The Morgan fingerprint density at radius 1 is 1.53 bits per heavy atom. The second-order valence-electron chi connectivity index (χ2n) is 4.49. The number of nitrogens with zero attached hydrogens (tertiary/aromatic N) is 2. The Labute approximate surface area is 129 Å². The third-order valence-electron chi connectivity index (χ3n) is 3.10. The van der Waals surface area contributed by atoms with Crippen LogP contribution in [0, 0.1) is 5.82 Å². The molecule has 1 aliphatic rings. The fourth-order valence-corrected chi connectivity index (χ4v) is 1.74. The Morgan fingerprint density at radius 3 is 2.74 bits per heavy atom. The molecule has 2 rings (SSSR count). The zero-order valence-corrected chi connectivity index (χ0v) is 13.4. The van der Waals surface area contributed by atoms with Gasteiger partial charge >= 0.3 is 0 Å². The van der Waals surface area contributed by atoms with Crippen LogP contribution in [0.3, 0.4) is 0 Å². The van der Waals surface area contributed by atoms with Gasteiger partial charge in [-0.25, -0.2) is 9.38 Å². The molecule has 0 saturated heterocycles. The average Bonchev–Trinajstić information content (AvgIpc) is 3.19. The Bertz CT molecular complexity index is 463. The first kappa shape index (κ1) is 16.0. The van der Waals surface area contributed by atoms with Gasteiger partial charge in [-0.2, -0.15) is 0 Å². The largest absolute Gasteiger partial charge is 0.494 e. The second-order valence-corrected chi connectivity index (χ2v) is 4.49. The summed E-state index contributed by atoms with van der Waals surface area (Å²) in [5.74, 6) is 0.374. The number of guanidine groups is 1. The van der Waals surface area contributed by atoms with Crippen LogP contribution < -0.4 is 10.5 Å². The van der Waals surface area contributed by atoms with Crippen LogP contribution >= 0.6 is 24.0 Å². The third kappa shape index (κ3) is 4.22.